The van der Waals surface area contributed by atoms with E-state index in [4.69, 9.17) is 0 Å². The Morgan fingerprint density at radius 1 is 1.30 bits per heavy atom. The van der Waals surface area contributed by atoms with Crippen molar-refractivity contribution in [3.05, 3.63) is 57.4 Å². The number of likely N-dealkylation sites (N-methyl/N-ethyl adjacent to an activating group) is 1. The largest absolute Gasteiger partial charge is 0.480 e. The Labute approximate surface area is 156 Å². The fourth-order valence-electron chi connectivity index (χ4n) is 2.95. The van der Waals surface area contributed by atoms with Gasteiger partial charge in [0.05, 0.1) is 11.5 Å². The van der Waals surface area contributed by atoms with E-state index in [0.717, 1.165) is 5.56 Å². The van der Waals surface area contributed by atoms with Crippen molar-refractivity contribution in [2.45, 2.75) is 39.3 Å². The van der Waals surface area contributed by atoms with Crippen molar-refractivity contribution >= 4 is 17.6 Å². The van der Waals surface area contributed by atoms with Crippen LogP contribution in [-0.2, 0) is 22.6 Å². The minimum atomic E-state index is -1.09. The molecule has 9 nitrogen and oxygen atoms in total. The molecule has 2 aromatic rings. The van der Waals surface area contributed by atoms with Gasteiger partial charge in [0, 0.05) is 19.9 Å². The third kappa shape index (κ3) is 4.69. The minimum absolute atomic E-state index is 0.00577. The lowest BCUT2D eigenvalue weighted by atomic mass is 10.0. The van der Waals surface area contributed by atoms with E-state index < -0.39 is 16.9 Å². The Kier molecular flexibility index (Phi) is 6.27. The first kappa shape index (κ1) is 20.1. The molecular formula is C18H22N4O5. The molecule has 0 spiro atoms. The Morgan fingerprint density at radius 2 is 1.93 bits per heavy atom. The van der Waals surface area contributed by atoms with Crippen molar-refractivity contribution in [3.63, 3.8) is 0 Å². The molecule has 0 saturated heterocycles. The highest BCUT2D eigenvalue weighted by molar-refractivity contribution is 5.83. The van der Waals surface area contributed by atoms with E-state index in [9.17, 15) is 24.8 Å². The van der Waals surface area contributed by atoms with E-state index >= 15 is 0 Å². The zero-order valence-electron chi connectivity index (χ0n) is 15.5. The van der Waals surface area contributed by atoms with Gasteiger partial charge in [-0.3, -0.25) is 19.6 Å². The maximum absolute atomic E-state index is 12.5. The van der Waals surface area contributed by atoms with Crippen LogP contribution in [0.25, 0.3) is 0 Å². The van der Waals surface area contributed by atoms with Gasteiger partial charge in [0.15, 0.2) is 0 Å². The van der Waals surface area contributed by atoms with Crippen molar-refractivity contribution in [1.29, 1.82) is 0 Å². The molecule has 2 rings (SSSR count). The zero-order chi connectivity index (χ0) is 20.1. The van der Waals surface area contributed by atoms with E-state index in [1.165, 1.54) is 23.6 Å². The van der Waals surface area contributed by atoms with E-state index in [-0.39, 0.29) is 36.7 Å². The van der Waals surface area contributed by atoms with Crippen LogP contribution in [0.15, 0.2) is 30.3 Å². The second-order valence-electron chi connectivity index (χ2n) is 6.30. The molecule has 1 N–H and O–H groups in total. The third-order valence-corrected chi connectivity index (χ3v) is 4.48. The Balaban J connectivity index is 2.06. The molecule has 27 heavy (non-hydrogen) atoms. The number of amides is 1. The molecule has 1 aromatic heterocycles. The molecule has 0 fully saturated rings. The molecule has 1 heterocycles. The number of hydrogen-bond acceptors (Lipinski definition) is 5. The van der Waals surface area contributed by atoms with Gasteiger partial charge in [-0.05, 0) is 19.4 Å². The molecule has 0 radical (unpaired) electrons. The molecule has 144 valence electrons. The van der Waals surface area contributed by atoms with E-state index in [1.807, 2.05) is 30.3 Å². The molecule has 0 bridgehead atoms. The first-order chi connectivity index (χ1) is 12.7. The molecule has 0 saturated carbocycles. The lowest BCUT2D eigenvalue weighted by molar-refractivity contribution is -0.386. The van der Waals surface area contributed by atoms with Gasteiger partial charge < -0.3 is 10.0 Å². The molecule has 9 heteroatoms. The number of nitro groups is 1. The maximum atomic E-state index is 12.5. The predicted octanol–water partition coefficient (Wildman–Crippen LogP) is 1.95. The number of benzene rings is 1. The minimum Gasteiger partial charge on any atom is -0.480 e. The maximum Gasteiger partial charge on any atom is 0.326 e. The molecule has 1 amide bonds. The van der Waals surface area contributed by atoms with Crippen LogP contribution in [0.5, 0.6) is 0 Å². The van der Waals surface area contributed by atoms with Crippen LogP contribution in [0.3, 0.4) is 0 Å². The molecule has 1 atom stereocenters. The summed E-state index contributed by atoms with van der Waals surface area (Å²) in [5.41, 5.74) is 1.40. The number of carbonyl (C=O) groups is 2. The van der Waals surface area contributed by atoms with Gasteiger partial charge in [0.1, 0.15) is 17.4 Å². The fraction of sp³-hybridized carbons (Fsp3) is 0.389. The summed E-state index contributed by atoms with van der Waals surface area (Å²) >= 11 is 0. The number of aromatic nitrogens is 2. The Bertz CT molecular complexity index is 847. The van der Waals surface area contributed by atoms with Crippen molar-refractivity contribution in [3.8, 4) is 0 Å². The summed E-state index contributed by atoms with van der Waals surface area (Å²) < 4.78 is 1.41. The van der Waals surface area contributed by atoms with Crippen LogP contribution in [0.2, 0.25) is 0 Å². The summed E-state index contributed by atoms with van der Waals surface area (Å²) in [6.07, 6.45) is 0.192. The van der Waals surface area contributed by atoms with Crippen LogP contribution in [0.1, 0.15) is 23.4 Å². The van der Waals surface area contributed by atoms with Gasteiger partial charge in [0.2, 0.25) is 5.91 Å². The lowest BCUT2D eigenvalue weighted by Gasteiger charge is -2.25. The van der Waals surface area contributed by atoms with Crippen LogP contribution in [-0.4, -0.2) is 49.7 Å². The van der Waals surface area contributed by atoms with Crippen molar-refractivity contribution < 1.29 is 19.6 Å². The fourth-order valence-corrected chi connectivity index (χ4v) is 2.95. The van der Waals surface area contributed by atoms with Crippen molar-refractivity contribution in [2.75, 3.05) is 7.05 Å². The second-order valence-corrected chi connectivity index (χ2v) is 6.30. The molecule has 1 aromatic carbocycles. The number of nitrogens with zero attached hydrogens (tertiary/aromatic N) is 4. The monoisotopic (exact) mass is 374 g/mol. The molecule has 0 aliphatic rings. The highest BCUT2D eigenvalue weighted by Gasteiger charge is 2.27. The van der Waals surface area contributed by atoms with Crippen molar-refractivity contribution in [2.24, 2.45) is 0 Å². The number of carboxylic acids is 1. The van der Waals surface area contributed by atoms with Gasteiger partial charge in [-0.25, -0.2) is 4.79 Å². The summed E-state index contributed by atoms with van der Waals surface area (Å²) in [6.45, 7) is 3.25. The number of carboxylic acid groups (broad SMARTS) is 1. The van der Waals surface area contributed by atoms with Crippen molar-refractivity contribution in [1.82, 2.24) is 14.7 Å². The van der Waals surface area contributed by atoms with Crippen LogP contribution < -0.4 is 0 Å². The Hall–Kier alpha value is -3.23. The summed E-state index contributed by atoms with van der Waals surface area (Å²) in [5.74, 6) is -1.45. The number of carbonyl (C=O) groups excluding carboxylic acids is 1. The lowest BCUT2D eigenvalue weighted by Crippen LogP contribution is -2.44. The zero-order valence-corrected chi connectivity index (χ0v) is 15.5. The smallest absolute Gasteiger partial charge is 0.326 e. The predicted molar refractivity (Wildman–Crippen MR) is 97.3 cm³/mol. The van der Waals surface area contributed by atoms with Gasteiger partial charge in [-0.2, -0.15) is 5.10 Å². The normalized spacial score (nSPS) is 11.8. The van der Waals surface area contributed by atoms with Gasteiger partial charge in [-0.15, -0.1) is 0 Å². The third-order valence-electron chi connectivity index (χ3n) is 4.48. The highest BCUT2D eigenvalue weighted by Crippen LogP contribution is 2.22. The summed E-state index contributed by atoms with van der Waals surface area (Å²) in [4.78, 5) is 35.8. The van der Waals surface area contributed by atoms with Gasteiger partial charge in [-0.1, -0.05) is 30.3 Å². The molecular weight excluding hydrogens is 352 g/mol. The van der Waals surface area contributed by atoms with E-state index in [2.05, 4.69) is 5.10 Å². The van der Waals surface area contributed by atoms with Gasteiger partial charge in [0.25, 0.3) is 0 Å². The van der Waals surface area contributed by atoms with Crippen LogP contribution >= 0.6 is 0 Å². The van der Waals surface area contributed by atoms with E-state index in [0.29, 0.717) is 5.69 Å². The average Bonchev–Trinajstić information content (AvgIpc) is 2.91. The SMILES string of the molecule is Cc1nn(CCC(=O)N(C)C(Cc2ccccc2)C(=O)O)c(C)c1[N+](=O)[O-]. The van der Waals surface area contributed by atoms with Crippen LogP contribution in [0, 0.1) is 24.0 Å². The Morgan fingerprint density at radius 3 is 2.44 bits per heavy atom. The molecule has 0 aliphatic carbocycles. The topological polar surface area (TPSA) is 119 Å². The number of aliphatic carboxylic acids is 1. The highest BCUT2D eigenvalue weighted by atomic mass is 16.6. The standard InChI is InChI=1S/C18H22N4O5/c1-12-17(22(26)27)13(2)21(19-12)10-9-16(23)20(3)15(18(24)25)11-14-7-5-4-6-8-14/h4-8,15H,9-11H2,1-3H3,(H,24,25). The summed E-state index contributed by atoms with van der Waals surface area (Å²) in [7, 11) is 1.45. The molecule has 0 aliphatic heterocycles. The van der Waals surface area contributed by atoms with Gasteiger partial charge >= 0.3 is 11.7 Å². The van der Waals surface area contributed by atoms with Crippen LogP contribution in [0.4, 0.5) is 5.69 Å². The second kappa shape index (κ2) is 8.43. The number of aryl methyl sites for hydroxylation is 2. The summed E-state index contributed by atoms with van der Waals surface area (Å²) in [5, 5.41) is 24.6. The number of hydrogen-bond donors (Lipinski definition) is 1. The first-order valence-electron chi connectivity index (χ1n) is 8.43. The average molecular weight is 374 g/mol. The van der Waals surface area contributed by atoms with E-state index in [1.54, 1.807) is 6.92 Å². The molecule has 1 unspecified atom stereocenters. The number of rotatable bonds is 8. The summed E-state index contributed by atoms with van der Waals surface area (Å²) in [6, 6.07) is 8.08. The quantitative estimate of drug-likeness (QED) is 0.557. The first-order valence-corrected chi connectivity index (χ1v) is 8.43.